The summed E-state index contributed by atoms with van der Waals surface area (Å²) >= 11 is 5.97. The zero-order chi connectivity index (χ0) is 15.2. The van der Waals surface area contributed by atoms with E-state index in [-0.39, 0.29) is 6.61 Å². The van der Waals surface area contributed by atoms with Crippen molar-refractivity contribution in [3.63, 3.8) is 0 Å². The van der Waals surface area contributed by atoms with Crippen molar-refractivity contribution in [2.24, 2.45) is 0 Å². The van der Waals surface area contributed by atoms with Gasteiger partial charge in [0, 0.05) is 6.54 Å². The van der Waals surface area contributed by atoms with Gasteiger partial charge < -0.3 is 19.6 Å². The third kappa shape index (κ3) is 4.74. The van der Waals surface area contributed by atoms with Crippen molar-refractivity contribution in [2.45, 2.75) is 26.5 Å². The van der Waals surface area contributed by atoms with Crippen LogP contribution in [-0.2, 0) is 6.54 Å². The minimum Gasteiger partial charge on any atom is -0.489 e. The lowest BCUT2D eigenvalue weighted by molar-refractivity contribution is 0.105. The molecule has 5 nitrogen and oxygen atoms in total. The minimum absolute atomic E-state index is 0.167. The van der Waals surface area contributed by atoms with E-state index in [4.69, 9.17) is 20.8 Å². The summed E-state index contributed by atoms with van der Waals surface area (Å²) in [7, 11) is 0. The zero-order valence-electron chi connectivity index (χ0n) is 12.1. The summed E-state index contributed by atoms with van der Waals surface area (Å²) in [5.41, 5.74) is 0.884. The van der Waals surface area contributed by atoms with E-state index >= 15 is 0 Å². The molecule has 2 N–H and O–H groups in total. The summed E-state index contributed by atoms with van der Waals surface area (Å²) in [6, 6.07) is 7.17. The predicted molar refractivity (Wildman–Crippen MR) is 80.6 cm³/mol. The van der Waals surface area contributed by atoms with Crippen LogP contribution in [0.25, 0.3) is 0 Å². The van der Waals surface area contributed by atoms with E-state index in [1.54, 1.807) is 12.1 Å². The van der Waals surface area contributed by atoms with Gasteiger partial charge in [-0.1, -0.05) is 23.7 Å². The number of aliphatic hydroxyl groups is 1. The molecule has 0 amide bonds. The molecule has 2 aromatic rings. The third-order valence-corrected chi connectivity index (χ3v) is 3.31. The Morgan fingerprint density at radius 3 is 2.81 bits per heavy atom. The predicted octanol–water partition coefficient (Wildman–Crippen LogP) is 2.47. The SMILES string of the molecule is Cc1nc(CNCC(O)COc2ccccc2Cl)oc1C. The maximum atomic E-state index is 9.86. The maximum absolute atomic E-state index is 9.86. The Kier molecular flexibility index (Phi) is 5.61. The number of aromatic nitrogens is 1. The number of halogens is 1. The first-order valence-electron chi connectivity index (χ1n) is 6.75. The van der Waals surface area contributed by atoms with Gasteiger partial charge in [-0.05, 0) is 26.0 Å². The minimum atomic E-state index is -0.640. The van der Waals surface area contributed by atoms with Crippen molar-refractivity contribution in [2.75, 3.05) is 13.2 Å². The molecular weight excluding hydrogens is 292 g/mol. The largest absolute Gasteiger partial charge is 0.489 e. The van der Waals surface area contributed by atoms with E-state index in [1.807, 2.05) is 26.0 Å². The highest BCUT2D eigenvalue weighted by atomic mass is 35.5. The Labute approximate surface area is 128 Å². The quantitative estimate of drug-likeness (QED) is 0.822. The summed E-state index contributed by atoms with van der Waals surface area (Å²) in [4.78, 5) is 4.25. The van der Waals surface area contributed by atoms with Gasteiger partial charge in [0.1, 0.15) is 24.2 Å². The van der Waals surface area contributed by atoms with Crippen LogP contribution in [0.2, 0.25) is 5.02 Å². The number of nitrogens with one attached hydrogen (secondary N) is 1. The number of hydrogen-bond donors (Lipinski definition) is 2. The average molecular weight is 311 g/mol. The molecule has 1 atom stereocenters. The molecule has 0 radical (unpaired) electrons. The monoisotopic (exact) mass is 310 g/mol. The van der Waals surface area contributed by atoms with Crippen molar-refractivity contribution in [1.29, 1.82) is 0 Å². The molecular formula is C15H19ClN2O3. The van der Waals surface area contributed by atoms with Gasteiger partial charge in [-0.3, -0.25) is 0 Å². The van der Waals surface area contributed by atoms with Crippen LogP contribution in [0.1, 0.15) is 17.3 Å². The third-order valence-electron chi connectivity index (χ3n) is 3.00. The van der Waals surface area contributed by atoms with E-state index in [1.165, 1.54) is 0 Å². The number of benzene rings is 1. The number of rotatable bonds is 7. The number of para-hydroxylation sites is 1. The normalized spacial score (nSPS) is 12.4. The molecule has 0 saturated carbocycles. The van der Waals surface area contributed by atoms with Gasteiger partial charge in [0.2, 0.25) is 5.89 Å². The van der Waals surface area contributed by atoms with Gasteiger partial charge in [-0.2, -0.15) is 0 Å². The Morgan fingerprint density at radius 2 is 2.14 bits per heavy atom. The molecule has 0 aliphatic heterocycles. The smallest absolute Gasteiger partial charge is 0.208 e. The van der Waals surface area contributed by atoms with Crippen molar-refractivity contribution in [3.05, 3.63) is 46.6 Å². The van der Waals surface area contributed by atoms with Gasteiger partial charge in [-0.15, -0.1) is 0 Å². The summed E-state index contributed by atoms with van der Waals surface area (Å²) in [6.07, 6.45) is -0.640. The van der Waals surface area contributed by atoms with Crippen LogP contribution >= 0.6 is 11.6 Å². The molecule has 0 aliphatic carbocycles. The van der Waals surface area contributed by atoms with Crippen LogP contribution in [0.5, 0.6) is 5.75 Å². The van der Waals surface area contributed by atoms with Gasteiger partial charge in [-0.25, -0.2) is 4.98 Å². The molecule has 2 rings (SSSR count). The molecule has 0 bridgehead atoms. The van der Waals surface area contributed by atoms with Gasteiger partial charge in [0.05, 0.1) is 17.3 Å². The Hall–Kier alpha value is -1.56. The Bertz CT molecular complexity index is 567. The van der Waals surface area contributed by atoms with Gasteiger partial charge in [0.25, 0.3) is 0 Å². The highest BCUT2D eigenvalue weighted by molar-refractivity contribution is 6.32. The summed E-state index contributed by atoms with van der Waals surface area (Å²) < 4.78 is 10.9. The topological polar surface area (TPSA) is 67.5 Å². The highest BCUT2D eigenvalue weighted by Gasteiger charge is 2.09. The molecule has 0 saturated heterocycles. The van der Waals surface area contributed by atoms with E-state index < -0.39 is 6.10 Å². The molecule has 0 spiro atoms. The van der Waals surface area contributed by atoms with Gasteiger partial charge in [0.15, 0.2) is 0 Å². The number of oxazole rings is 1. The Morgan fingerprint density at radius 1 is 1.38 bits per heavy atom. The first-order chi connectivity index (χ1) is 10.1. The van der Waals surface area contributed by atoms with E-state index in [9.17, 15) is 5.11 Å². The fourth-order valence-corrected chi connectivity index (χ4v) is 1.96. The van der Waals surface area contributed by atoms with Crippen LogP contribution in [0.15, 0.2) is 28.7 Å². The fraction of sp³-hybridized carbons (Fsp3) is 0.400. The first-order valence-corrected chi connectivity index (χ1v) is 7.13. The zero-order valence-corrected chi connectivity index (χ0v) is 12.9. The molecule has 21 heavy (non-hydrogen) atoms. The first kappa shape index (κ1) is 15.8. The summed E-state index contributed by atoms with van der Waals surface area (Å²) in [5.74, 6) is 2.00. The van der Waals surface area contributed by atoms with Crippen LogP contribution in [0, 0.1) is 13.8 Å². The second-order valence-electron chi connectivity index (χ2n) is 4.78. The van der Waals surface area contributed by atoms with Crippen molar-refractivity contribution in [1.82, 2.24) is 10.3 Å². The van der Waals surface area contributed by atoms with E-state index in [0.29, 0.717) is 29.8 Å². The molecule has 0 aliphatic rings. The van der Waals surface area contributed by atoms with Crippen LogP contribution < -0.4 is 10.1 Å². The lowest BCUT2D eigenvalue weighted by atomic mass is 10.3. The fourth-order valence-electron chi connectivity index (χ4n) is 1.77. The highest BCUT2D eigenvalue weighted by Crippen LogP contribution is 2.23. The van der Waals surface area contributed by atoms with Crippen molar-refractivity contribution in [3.8, 4) is 5.75 Å². The van der Waals surface area contributed by atoms with E-state index in [0.717, 1.165) is 11.5 Å². The second-order valence-corrected chi connectivity index (χ2v) is 5.18. The average Bonchev–Trinajstić information content (AvgIpc) is 2.77. The van der Waals surface area contributed by atoms with Crippen LogP contribution in [0.4, 0.5) is 0 Å². The molecule has 0 fully saturated rings. The van der Waals surface area contributed by atoms with Crippen LogP contribution in [0.3, 0.4) is 0 Å². The molecule has 1 aromatic carbocycles. The number of aryl methyl sites for hydroxylation is 2. The number of hydrogen-bond acceptors (Lipinski definition) is 5. The molecule has 114 valence electrons. The number of nitrogens with zero attached hydrogens (tertiary/aromatic N) is 1. The van der Waals surface area contributed by atoms with Gasteiger partial charge >= 0.3 is 0 Å². The summed E-state index contributed by atoms with van der Waals surface area (Å²) in [6.45, 7) is 4.79. The number of aliphatic hydroxyl groups excluding tert-OH is 1. The molecule has 1 unspecified atom stereocenters. The standard InChI is InChI=1S/C15H19ClN2O3/c1-10-11(2)21-15(18-10)8-17-7-12(19)9-20-14-6-4-3-5-13(14)16/h3-6,12,17,19H,7-9H2,1-2H3. The van der Waals surface area contributed by atoms with Crippen molar-refractivity contribution >= 4 is 11.6 Å². The second kappa shape index (κ2) is 7.45. The van der Waals surface area contributed by atoms with E-state index in [2.05, 4.69) is 10.3 Å². The number of ether oxygens (including phenoxy) is 1. The molecule has 1 heterocycles. The molecule has 6 heteroatoms. The van der Waals surface area contributed by atoms with Crippen LogP contribution in [-0.4, -0.2) is 29.3 Å². The van der Waals surface area contributed by atoms with Crippen molar-refractivity contribution < 1.29 is 14.3 Å². The Balaban J connectivity index is 1.70. The maximum Gasteiger partial charge on any atom is 0.208 e. The summed E-state index contributed by atoms with van der Waals surface area (Å²) in [5, 5.41) is 13.5. The lowest BCUT2D eigenvalue weighted by Crippen LogP contribution is -2.31. The molecule has 1 aromatic heterocycles. The lowest BCUT2D eigenvalue weighted by Gasteiger charge is -2.13.